The van der Waals surface area contributed by atoms with Crippen molar-refractivity contribution in [2.45, 2.75) is 50.9 Å². The number of hydrogen-bond donors (Lipinski definition) is 2. The lowest BCUT2D eigenvalue weighted by molar-refractivity contribution is 0.221. The minimum Gasteiger partial charge on any atom is -0.355 e. The number of halogens is 1. The Labute approximate surface area is 187 Å². The first-order chi connectivity index (χ1) is 12.7. The van der Waals surface area contributed by atoms with Gasteiger partial charge in [0.25, 0.3) is 0 Å². The van der Waals surface area contributed by atoms with Gasteiger partial charge in [-0.1, -0.05) is 30.7 Å². The molecule has 1 aromatic rings. The maximum absolute atomic E-state index is 11.8. The molecule has 0 saturated carbocycles. The Morgan fingerprint density at radius 1 is 1.07 bits per heavy atom. The van der Waals surface area contributed by atoms with E-state index in [1.165, 1.54) is 49.7 Å². The van der Waals surface area contributed by atoms with Gasteiger partial charge in [0.15, 0.2) is 15.8 Å². The van der Waals surface area contributed by atoms with Crippen molar-refractivity contribution >= 4 is 39.8 Å². The highest BCUT2D eigenvalue weighted by Crippen LogP contribution is 2.14. The topological polar surface area (TPSA) is 73.8 Å². The van der Waals surface area contributed by atoms with Crippen LogP contribution in [0.2, 0.25) is 0 Å². The lowest BCUT2D eigenvalue weighted by Gasteiger charge is -2.26. The Kier molecular flexibility index (Phi) is 10.2. The highest BCUT2D eigenvalue weighted by Gasteiger charge is 2.30. The summed E-state index contributed by atoms with van der Waals surface area (Å²) in [4.78, 5) is 6.70. The molecule has 28 heavy (non-hydrogen) atoms. The lowest BCUT2D eigenvalue weighted by Crippen LogP contribution is -2.47. The van der Waals surface area contributed by atoms with Crippen LogP contribution in [0.3, 0.4) is 0 Å². The van der Waals surface area contributed by atoms with E-state index in [9.17, 15) is 8.42 Å². The molecule has 1 aliphatic heterocycles. The fourth-order valence-corrected chi connectivity index (χ4v) is 3.31. The molecule has 6 nitrogen and oxygen atoms in total. The Morgan fingerprint density at radius 3 is 2.18 bits per heavy atom. The highest BCUT2D eigenvalue weighted by atomic mass is 127. The van der Waals surface area contributed by atoms with Crippen molar-refractivity contribution in [3.05, 3.63) is 35.4 Å². The van der Waals surface area contributed by atoms with E-state index in [4.69, 9.17) is 0 Å². The smallest absolute Gasteiger partial charge is 0.191 e. The second-order valence-corrected chi connectivity index (χ2v) is 10.6. The predicted molar refractivity (Wildman–Crippen MR) is 128 cm³/mol. The van der Waals surface area contributed by atoms with E-state index in [1.807, 2.05) is 0 Å². The summed E-state index contributed by atoms with van der Waals surface area (Å²) in [5, 5.41) is 6.35. The molecule has 8 heteroatoms. The third-order valence-electron chi connectivity index (χ3n) is 5.25. The van der Waals surface area contributed by atoms with E-state index in [-0.39, 0.29) is 24.0 Å². The molecule has 2 rings (SSSR count). The van der Waals surface area contributed by atoms with E-state index < -0.39 is 14.6 Å². The molecule has 1 fully saturated rings. The number of guanidine groups is 1. The van der Waals surface area contributed by atoms with E-state index in [1.54, 1.807) is 20.9 Å². The molecule has 0 amide bonds. The van der Waals surface area contributed by atoms with Crippen LogP contribution in [0.1, 0.15) is 44.2 Å². The molecule has 0 aliphatic carbocycles. The fraction of sp³-hybridized carbons (Fsp3) is 0.650. The van der Waals surface area contributed by atoms with Gasteiger partial charge in [0.1, 0.15) is 0 Å². The van der Waals surface area contributed by atoms with E-state index >= 15 is 0 Å². The molecule has 0 unspecified atom stereocenters. The maximum atomic E-state index is 11.8. The summed E-state index contributed by atoms with van der Waals surface area (Å²) >= 11 is 0. The number of sulfone groups is 1. The van der Waals surface area contributed by atoms with Crippen molar-refractivity contribution in [3.63, 3.8) is 0 Å². The average Bonchev–Trinajstić information content (AvgIpc) is 2.63. The summed E-state index contributed by atoms with van der Waals surface area (Å²) in [6.45, 7) is 7.80. The third kappa shape index (κ3) is 7.87. The van der Waals surface area contributed by atoms with Crippen LogP contribution in [-0.4, -0.2) is 57.0 Å². The number of aliphatic imine (C=N–C) groups is 1. The minimum atomic E-state index is -3.14. The van der Waals surface area contributed by atoms with Gasteiger partial charge in [-0.05, 0) is 50.9 Å². The fourth-order valence-electron chi connectivity index (χ4n) is 2.97. The molecule has 1 aliphatic rings. The van der Waals surface area contributed by atoms with Gasteiger partial charge in [0.05, 0.1) is 4.75 Å². The number of rotatable bonds is 7. The van der Waals surface area contributed by atoms with Crippen molar-refractivity contribution in [1.82, 2.24) is 15.5 Å². The van der Waals surface area contributed by atoms with Crippen molar-refractivity contribution < 1.29 is 8.42 Å². The zero-order chi connectivity index (χ0) is 19.9. The van der Waals surface area contributed by atoms with Crippen LogP contribution in [0.25, 0.3) is 0 Å². The van der Waals surface area contributed by atoms with Gasteiger partial charge < -0.3 is 10.6 Å². The van der Waals surface area contributed by atoms with E-state index in [2.05, 4.69) is 44.8 Å². The van der Waals surface area contributed by atoms with Crippen LogP contribution in [0.15, 0.2) is 29.3 Å². The molecule has 0 atom stereocenters. The number of piperidine rings is 1. The average molecular weight is 522 g/mol. The largest absolute Gasteiger partial charge is 0.355 e. The second-order valence-electron chi connectivity index (χ2n) is 7.96. The van der Waals surface area contributed by atoms with Crippen molar-refractivity contribution in [2.24, 2.45) is 4.99 Å². The van der Waals surface area contributed by atoms with Crippen LogP contribution in [0.4, 0.5) is 0 Å². The van der Waals surface area contributed by atoms with Gasteiger partial charge in [-0.2, -0.15) is 0 Å². The van der Waals surface area contributed by atoms with Gasteiger partial charge in [-0.25, -0.2) is 8.42 Å². The summed E-state index contributed by atoms with van der Waals surface area (Å²) in [6, 6.07) is 8.66. The Bertz CT molecular complexity index is 727. The predicted octanol–water partition coefficient (Wildman–Crippen LogP) is 2.78. The van der Waals surface area contributed by atoms with Crippen molar-refractivity contribution in [2.75, 3.05) is 32.9 Å². The molecule has 2 N–H and O–H groups in total. The summed E-state index contributed by atoms with van der Waals surface area (Å²) in [7, 11) is -1.45. The number of benzene rings is 1. The molecule has 0 radical (unpaired) electrons. The van der Waals surface area contributed by atoms with Gasteiger partial charge >= 0.3 is 0 Å². The van der Waals surface area contributed by atoms with Gasteiger partial charge in [0.2, 0.25) is 0 Å². The van der Waals surface area contributed by atoms with E-state index in [0.717, 1.165) is 6.54 Å². The van der Waals surface area contributed by atoms with Crippen LogP contribution in [0, 0.1) is 0 Å². The number of hydrogen-bond acceptors (Lipinski definition) is 4. The van der Waals surface area contributed by atoms with Crippen LogP contribution in [-0.2, 0) is 22.9 Å². The van der Waals surface area contributed by atoms with Crippen LogP contribution >= 0.6 is 24.0 Å². The standard InChI is InChI=1S/C20H34N4O2S.HI/c1-20(2,27(4,25)26)16-23-19(21-3)22-14-17-8-10-18(11-9-17)15-24-12-6-5-7-13-24;/h8-11H,5-7,12-16H2,1-4H3,(H2,21,22,23);1H. The molecule has 1 heterocycles. The van der Waals surface area contributed by atoms with Crippen molar-refractivity contribution in [3.8, 4) is 0 Å². The van der Waals surface area contributed by atoms with Crippen molar-refractivity contribution in [1.29, 1.82) is 0 Å². The quantitative estimate of drug-likeness (QED) is 0.328. The molecule has 1 aromatic carbocycles. The number of nitrogens with one attached hydrogen (secondary N) is 2. The SMILES string of the molecule is CN=C(NCc1ccc(CN2CCCCC2)cc1)NCC(C)(C)S(C)(=O)=O.I. The molecule has 0 aromatic heterocycles. The molecule has 0 spiro atoms. The molecule has 1 saturated heterocycles. The lowest BCUT2D eigenvalue weighted by atomic mass is 10.1. The Morgan fingerprint density at radius 2 is 1.64 bits per heavy atom. The first-order valence-corrected chi connectivity index (χ1v) is 11.5. The van der Waals surface area contributed by atoms with Crippen LogP contribution < -0.4 is 10.6 Å². The highest BCUT2D eigenvalue weighted by molar-refractivity contribution is 14.0. The first-order valence-electron chi connectivity index (χ1n) is 9.65. The first kappa shape index (κ1) is 25.2. The molecule has 160 valence electrons. The zero-order valence-electron chi connectivity index (χ0n) is 17.5. The normalized spacial score (nSPS) is 16.4. The van der Waals surface area contributed by atoms with Gasteiger partial charge in [0, 0.05) is 32.9 Å². The summed E-state index contributed by atoms with van der Waals surface area (Å²) in [5.74, 6) is 0.601. The second kappa shape index (κ2) is 11.3. The Hall–Kier alpha value is -0.870. The summed E-state index contributed by atoms with van der Waals surface area (Å²) in [5.41, 5.74) is 2.51. The third-order valence-corrected chi connectivity index (χ3v) is 7.40. The zero-order valence-corrected chi connectivity index (χ0v) is 20.6. The molecule has 0 bridgehead atoms. The number of likely N-dealkylation sites (tertiary alicyclic amines) is 1. The maximum Gasteiger partial charge on any atom is 0.191 e. The minimum absolute atomic E-state index is 0. The van der Waals surface area contributed by atoms with Crippen LogP contribution in [0.5, 0.6) is 0 Å². The number of nitrogens with zero attached hydrogens (tertiary/aromatic N) is 2. The molecular formula is C20H35IN4O2S. The van der Waals surface area contributed by atoms with Gasteiger partial charge in [-0.3, -0.25) is 9.89 Å². The monoisotopic (exact) mass is 522 g/mol. The van der Waals surface area contributed by atoms with Gasteiger partial charge in [-0.15, -0.1) is 24.0 Å². The Balaban J connectivity index is 0.00000392. The van der Waals surface area contributed by atoms with E-state index in [0.29, 0.717) is 19.0 Å². The summed E-state index contributed by atoms with van der Waals surface area (Å²) in [6.07, 6.45) is 5.24. The summed E-state index contributed by atoms with van der Waals surface area (Å²) < 4.78 is 22.8. The molecular weight excluding hydrogens is 487 g/mol.